The first-order valence-corrected chi connectivity index (χ1v) is 8.76. The molecule has 0 amide bonds. The highest BCUT2D eigenvalue weighted by Crippen LogP contribution is 2.27. The highest BCUT2D eigenvalue weighted by molar-refractivity contribution is 5.33. The Kier molecular flexibility index (Phi) is 7.68. The van der Waals surface area contributed by atoms with Gasteiger partial charge in [-0.2, -0.15) is 0 Å². The first kappa shape index (κ1) is 17.6. The van der Waals surface area contributed by atoms with Crippen molar-refractivity contribution < 1.29 is 9.84 Å². The summed E-state index contributed by atoms with van der Waals surface area (Å²) in [6, 6.07) is 17.6. The van der Waals surface area contributed by atoms with Crippen molar-refractivity contribution >= 4 is 0 Å². The van der Waals surface area contributed by atoms with Gasteiger partial charge in [0.15, 0.2) is 0 Å². The van der Waals surface area contributed by atoms with Gasteiger partial charge in [0.2, 0.25) is 0 Å². The molecule has 1 unspecified atom stereocenters. The molecule has 23 heavy (non-hydrogen) atoms. The largest absolute Gasteiger partial charge is 0.508 e. The number of phenolic OH excluding ortho intramolecular Hbond substituents is 1. The minimum atomic E-state index is -0.0626. The van der Waals surface area contributed by atoms with Crippen LogP contribution in [0.4, 0.5) is 0 Å². The number of aromatic hydroxyl groups is 1. The fraction of sp³-hybridized carbons (Fsp3) is 0.429. The lowest BCUT2D eigenvalue weighted by atomic mass is 10.0. The lowest BCUT2D eigenvalue weighted by Gasteiger charge is -2.19. The predicted molar refractivity (Wildman–Crippen MR) is 95.7 cm³/mol. The third-order valence-electron chi connectivity index (χ3n) is 4.08. The van der Waals surface area contributed by atoms with Crippen LogP contribution < -0.4 is 0 Å². The van der Waals surface area contributed by atoms with Gasteiger partial charge in [0.05, 0.1) is 0 Å². The smallest absolute Gasteiger partial charge is 0.115 e. The second-order valence-electron chi connectivity index (χ2n) is 6.02. The quantitative estimate of drug-likeness (QED) is 0.557. The number of ether oxygens (including phenoxy) is 1. The lowest BCUT2D eigenvalue weighted by Crippen LogP contribution is -2.07. The second kappa shape index (κ2) is 10.1. The molecule has 2 nitrogen and oxygen atoms in total. The van der Waals surface area contributed by atoms with Crippen LogP contribution in [-0.2, 0) is 4.74 Å². The summed E-state index contributed by atoms with van der Waals surface area (Å²) in [5.74, 6) is 0.288. The van der Waals surface area contributed by atoms with E-state index in [1.807, 2.05) is 30.3 Å². The van der Waals surface area contributed by atoms with Crippen LogP contribution >= 0.6 is 0 Å². The van der Waals surface area contributed by atoms with Crippen LogP contribution in [0.1, 0.15) is 62.7 Å². The van der Waals surface area contributed by atoms with E-state index in [0.717, 1.165) is 24.2 Å². The van der Waals surface area contributed by atoms with Crippen LogP contribution in [-0.4, -0.2) is 11.7 Å². The number of rotatable bonds is 10. The van der Waals surface area contributed by atoms with Crippen LogP contribution in [0.3, 0.4) is 0 Å². The molecule has 0 aliphatic heterocycles. The fourth-order valence-corrected chi connectivity index (χ4v) is 2.75. The first-order valence-electron chi connectivity index (χ1n) is 8.76. The van der Waals surface area contributed by atoms with E-state index < -0.39 is 0 Å². The van der Waals surface area contributed by atoms with E-state index in [1.165, 1.54) is 32.1 Å². The van der Waals surface area contributed by atoms with Crippen molar-refractivity contribution in [3.8, 4) is 5.75 Å². The molecule has 2 aromatic carbocycles. The maximum Gasteiger partial charge on any atom is 0.115 e. The van der Waals surface area contributed by atoms with Gasteiger partial charge in [-0.1, -0.05) is 81.5 Å². The Hall–Kier alpha value is -1.80. The number of phenols is 1. The third kappa shape index (κ3) is 6.07. The molecule has 0 radical (unpaired) electrons. The Bertz CT molecular complexity index is 534. The van der Waals surface area contributed by atoms with E-state index in [9.17, 15) is 5.11 Å². The summed E-state index contributed by atoms with van der Waals surface area (Å²) >= 11 is 0. The molecule has 0 bridgehead atoms. The van der Waals surface area contributed by atoms with Crippen molar-refractivity contribution in [2.24, 2.45) is 0 Å². The highest BCUT2D eigenvalue weighted by Gasteiger charge is 2.14. The van der Waals surface area contributed by atoms with Crippen molar-refractivity contribution in [1.82, 2.24) is 0 Å². The van der Waals surface area contributed by atoms with Crippen LogP contribution in [0.25, 0.3) is 0 Å². The second-order valence-corrected chi connectivity index (χ2v) is 6.02. The number of unbranched alkanes of at least 4 members (excludes halogenated alkanes) is 5. The van der Waals surface area contributed by atoms with Crippen LogP contribution in [0.2, 0.25) is 0 Å². The topological polar surface area (TPSA) is 29.5 Å². The molecule has 0 saturated carbocycles. The molecule has 0 fully saturated rings. The Labute approximate surface area is 140 Å². The predicted octanol–water partition coefficient (Wildman–Crippen LogP) is 5.86. The van der Waals surface area contributed by atoms with Gasteiger partial charge in [-0.3, -0.25) is 0 Å². The fourth-order valence-electron chi connectivity index (χ4n) is 2.75. The first-order chi connectivity index (χ1) is 11.3. The van der Waals surface area contributed by atoms with Crippen molar-refractivity contribution in [2.45, 2.75) is 51.6 Å². The van der Waals surface area contributed by atoms with Gasteiger partial charge in [-0.15, -0.1) is 0 Å². The minimum absolute atomic E-state index is 0.0626. The summed E-state index contributed by atoms with van der Waals surface area (Å²) in [6.07, 6.45) is 7.52. The van der Waals surface area contributed by atoms with E-state index in [-0.39, 0.29) is 11.9 Å². The molecule has 0 aliphatic rings. The van der Waals surface area contributed by atoms with E-state index in [1.54, 1.807) is 12.1 Å². The summed E-state index contributed by atoms with van der Waals surface area (Å²) in [7, 11) is 0. The molecule has 2 heteroatoms. The van der Waals surface area contributed by atoms with Gasteiger partial charge in [0, 0.05) is 6.61 Å². The molecule has 0 heterocycles. The van der Waals surface area contributed by atoms with E-state index in [2.05, 4.69) is 19.1 Å². The average Bonchev–Trinajstić information content (AvgIpc) is 2.59. The van der Waals surface area contributed by atoms with Crippen molar-refractivity contribution in [1.29, 1.82) is 0 Å². The zero-order valence-electron chi connectivity index (χ0n) is 14.1. The molecule has 0 saturated heterocycles. The van der Waals surface area contributed by atoms with Crippen LogP contribution in [0.5, 0.6) is 5.75 Å². The van der Waals surface area contributed by atoms with Gasteiger partial charge >= 0.3 is 0 Å². The lowest BCUT2D eigenvalue weighted by molar-refractivity contribution is 0.0768. The zero-order chi connectivity index (χ0) is 16.3. The van der Waals surface area contributed by atoms with Gasteiger partial charge in [0.25, 0.3) is 0 Å². The Balaban J connectivity index is 1.91. The summed E-state index contributed by atoms with van der Waals surface area (Å²) in [5, 5.41) is 9.49. The van der Waals surface area contributed by atoms with Gasteiger partial charge in [-0.25, -0.2) is 0 Å². The molecule has 0 spiro atoms. The number of hydrogen-bond acceptors (Lipinski definition) is 2. The molecule has 124 valence electrons. The summed E-state index contributed by atoms with van der Waals surface area (Å²) < 4.78 is 6.18. The Morgan fingerprint density at radius 3 is 2.09 bits per heavy atom. The standard InChI is InChI=1S/C21H28O2/c1-2-3-4-5-6-10-17-23-21(18-11-8-7-9-12-18)19-13-15-20(22)16-14-19/h7-9,11-16,21-22H,2-6,10,17H2,1H3. The van der Waals surface area contributed by atoms with E-state index in [0.29, 0.717) is 0 Å². The van der Waals surface area contributed by atoms with Gasteiger partial charge < -0.3 is 9.84 Å². The third-order valence-corrected chi connectivity index (χ3v) is 4.08. The zero-order valence-corrected chi connectivity index (χ0v) is 14.1. The normalized spacial score (nSPS) is 12.2. The maximum atomic E-state index is 9.49. The van der Waals surface area contributed by atoms with Gasteiger partial charge in [0.1, 0.15) is 11.9 Å². The summed E-state index contributed by atoms with van der Waals surface area (Å²) in [6.45, 7) is 3.01. The Morgan fingerprint density at radius 2 is 1.39 bits per heavy atom. The number of hydrogen-bond donors (Lipinski definition) is 1. The van der Waals surface area contributed by atoms with Crippen LogP contribution in [0.15, 0.2) is 54.6 Å². The summed E-state index contributed by atoms with van der Waals surface area (Å²) in [4.78, 5) is 0. The molecular formula is C21H28O2. The number of benzene rings is 2. The van der Waals surface area contributed by atoms with E-state index >= 15 is 0 Å². The minimum Gasteiger partial charge on any atom is -0.508 e. The summed E-state index contributed by atoms with van der Waals surface area (Å²) in [5.41, 5.74) is 2.24. The Morgan fingerprint density at radius 1 is 0.783 bits per heavy atom. The maximum absolute atomic E-state index is 9.49. The molecule has 0 aliphatic carbocycles. The molecule has 2 aromatic rings. The van der Waals surface area contributed by atoms with Crippen molar-refractivity contribution in [3.05, 3.63) is 65.7 Å². The van der Waals surface area contributed by atoms with Crippen molar-refractivity contribution in [3.63, 3.8) is 0 Å². The molecule has 1 atom stereocenters. The highest BCUT2D eigenvalue weighted by atomic mass is 16.5. The molecule has 0 aromatic heterocycles. The molecular weight excluding hydrogens is 284 g/mol. The molecule has 2 rings (SSSR count). The monoisotopic (exact) mass is 312 g/mol. The SMILES string of the molecule is CCCCCCCCOC(c1ccccc1)c1ccc(O)cc1. The van der Waals surface area contributed by atoms with E-state index in [4.69, 9.17) is 4.74 Å². The average molecular weight is 312 g/mol. The van der Waals surface area contributed by atoms with Gasteiger partial charge in [-0.05, 0) is 29.7 Å². The van der Waals surface area contributed by atoms with Crippen molar-refractivity contribution in [2.75, 3.05) is 6.61 Å². The molecule has 1 N–H and O–H groups in total. The van der Waals surface area contributed by atoms with Crippen LogP contribution in [0, 0.1) is 0 Å².